The Morgan fingerprint density at radius 3 is 1.86 bits per heavy atom. The molecule has 4 heterocycles. The van der Waals surface area contributed by atoms with E-state index in [4.69, 9.17) is 33.2 Å². The second-order valence-corrected chi connectivity index (χ2v) is 10.7. The summed E-state index contributed by atoms with van der Waals surface area (Å²) < 4.78 is 38.4. The molecule has 0 radical (unpaired) electrons. The number of ether oxygens (including phenoxy) is 7. The third kappa shape index (κ3) is 6.89. The van der Waals surface area contributed by atoms with Crippen molar-refractivity contribution in [1.82, 2.24) is 0 Å². The van der Waals surface area contributed by atoms with Crippen molar-refractivity contribution >= 4 is 0 Å². The maximum absolute atomic E-state index is 11.3. The van der Waals surface area contributed by atoms with E-state index in [1.165, 1.54) is 6.92 Å². The molecular formula is C23H40O19. The largest absolute Gasteiger partial charge is 0.394 e. The van der Waals surface area contributed by atoms with Gasteiger partial charge in [0.05, 0.1) is 25.9 Å². The summed E-state index contributed by atoms with van der Waals surface area (Å²) in [6.45, 7) is -0.541. The number of aliphatic hydroxyl groups is 12. The average Bonchev–Trinajstić information content (AvgIpc) is 2.97. The summed E-state index contributed by atoms with van der Waals surface area (Å²) in [7, 11) is 0. The van der Waals surface area contributed by atoms with Crippen molar-refractivity contribution in [3.05, 3.63) is 0 Å². The zero-order valence-electron chi connectivity index (χ0n) is 22.3. The van der Waals surface area contributed by atoms with E-state index in [0.29, 0.717) is 0 Å². The smallest absolute Gasteiger partial charge is 0.187 e. The lowest BCUT2D eigenvalue weighted by molar-refractivity contribution is -0.385. The molecule has 0 aromatic carbocycles. The van der Waals surface area contributed by atoms with Crippen LogP contribution in [0.3, 0.4) is 0 Å². The van der Waals surface area contributed by atoms with Gasteiger partial charge in [-0.2, -0.15) is 0 Å². The van der Waals surface area contributed by atoms with Crippen molar-refractivity contribution in [3.8, 4) is 0 Å². The van der Waals surface area contributed by atoms with Gasteiger partial charge >= 0.3 is 0 Å². The molecule has 19 atom stereocenters. The molecule has 0 aliphatic carbocycles. The van der Waals surface area contributed by atoms with Gasteiger partial charge < -0.3 is 94.4 Å². The molecule has 0 unspecified atom stereocenters. The molecule has 19 heteroatoms. The van der Waals surface area contributed by atoms with Crippen molar-refractivity contribution < 1.29 is 94.4 Å². The molecule has 4 rings (SSSR count). The predicted octanol–water partition coefficient (Wildman–Crippen LogP) is -8.08. The van der Waals surface area contributed by atoms with Gasteiger partial charge in [0, 0.05) is 0 Å². The Morgan fingerprint density at radius 1 is 0.571 bits per heavy atom. The van der Waals surface area contributed by atoms with Crippen molar-refractivity contribution in [2.24, 2.45) is 0 Å². The first-order valence-electron chi connectivity index (χ1n) is 13.4. The number of hydrogen-bond donors (Lipinski definition) is 12. The SMILES string of the molecule is C[C@@H]1O[C@@H](O[C@H]2[C@H](OC[C@H]3O[C@@H](O)[C@H](O)[C@@H](O)[C@@H]3O)O[C@H](CO)[C@@H](O[C@@H]3OC[C@@H](O)[C@H](O)[C@H]3O)[C@@H]2O)[C@H](O)[C@H](O)[C@H]1O. The first-order chi connectivity index (χ1) is 19.8. The van der Waals surface area contributed by atoms with Crippen LogP contribution in [-0.4, -0.2) is 198 Å². The maximum Gasteiger partial charge on any atom is 0.187 e. The van der Waals surface area contributed by atoms with Crippen LogP contribution in [0.25, 0.3) is 0 Å². The molecule has 42 heavy (non-hydrogen) atoms. The molecule has 4 aliphatic heterocycles. The highest BCUT2D eigenvalue weighted by atomic mass is 16.8. The van der Waals surface area contributed by atoms with Gasteiger partial charge in [0.25, 0.3) is 0 Å². The lowest BCUT2D eigenvalue weighted by atomic mass is 9.96. The third-order valence-electron chi connectivity index (χ3n) is 7.75. The monoisotopic (exact) mass is 620 g/mol. The van der Waals surface area contributed by atoms with E-state index < -0.39 is 137 Å². The summed E-state index contributed by atoms with van der Waals surface area (Å²) in [5.41, 5.74) is 0. The van der Waals surface area contributed by atoms with E-state index in [1.54, 1.807) is 0 Å². The maximum atomic E-state index is 11.3. The lowest BCUT2D eigenvalue weighted by Crippen LogP contribution is -2.66. The van der Waals surface area contributed by atoms with E-state index in [-0.39, 0.29) is 0 Å². The van der Waals surface area contributed by atoms with E-state index in [1.807, 2.05) is 0 Å². The normalized spacial score (nSPS) is 54.1. The second-order valence-electron chi connectivity index (χ2n) is 10.7. The molecule has 4 aliphatic rings. The quantitative estimate of drug-likeness (QED) is 0.120. The molecular weight excluding hydrogens is 580 g/mol. The number of hydrogen-bond acceptors (Lipinski definition) is 19. The fourth-order valence-corrected chi connectivity index (χ4v) is 5.08. The molecule has 0 bridgehead atoms. The summed E-state index contributed by atoms with van der Waals surface area (Å²) in [5.74, 6) is 0. The summed E-state index contributed by atoms with van der Waals surface area (Å²) in [6.07, 6.45) is -31.3. The second kappa shape index (κ2) is 14.1. The van der Waals surface area contributed by atoms with Crippen LogP contribution in [0.15, 0.2) is 0 Å². The van der Waals surface area contributed by atoms with E-state index in [9.17, 15) is 61.3 Å². The van der Waals surface area contributed by atoms with Gasteiger partial charge in [-0.1, -0.05) is 0 Å². The van der Waals surface area contributed by atoms with E-state index in [0.717, 1.165) is 0 Å². The molecule has 246 valence electrons. The van der Waals surface area contributed by atoms with Gasteiger partial charge in [0.2, 0.25) is 0 Å². The average molecular weight is 621 g/mol. The molecule has 0 spiro atoms. The summed E-state index contributed by atoms with van der Waals surface area (Å²) in [4.78, 5) is 0. The summed E-state index contributed by atoms with van der Waals surface area (Å²) in [6, 6.07) is 0. The molecule has 0 aromatic rings. The van der Waals surface area contributed by atoms with Crippen molar-refractivity contribution in [3.63, 3.8) is 0 Å². The number of aliphatic hydroxyl groups excluding tert-OH is 12. The summed E-state index contributed by atoms with van der Waals surface area (Å²) >= 11 is 0. The van der Waals surface area contributed by atoms with Crippen LogP contribution in [0.2, 0.25) is 0 Å². The highest BCUT2D eigenvalue weighted by Gasteiger charge is 2.53. The van der Waals surface area contributed by atoms with Crippen molar-refractivity contribution in [2.45, 2.75) is 124 Å². The Hall–Kier alpha value is -0.760. The van der Waals surface area contributed by atoms with Crippen LogP contribution in [-0.2, 0) is 33.2 Å². The molecule has 0 amide bonds. The lowest BCUT2D eigenvalue weighted by Gasteiger charge is -2.48. The minimum Gasteiger partial charge on any atom is -0.394 e. The van der Waals surface area contributed by atoms with Crippen LogP contribution in [0, 0.1) is 0 Å². The summed E-state index contributed by atoms with van der Waals surface area (Å²) in [5, 5.41) is 122. The Balaban J connectivity index is 1.54. The van der Waals surface area contributed by atoms with Crippen LogP contribution in [0.1, 0.15) is 6.92 Å². The topological polar surface area (TPSA) is 307 Å². The zero-order chi connectivity index (χ0) is 31.0. The molecule has 12 N–H and O–H groups in total. The standard InChI is InChI=1S/C23H40O19/c1-5-9(26)12(29)16(33)22(38-5)42-19-17(34)18(41-21-15(32)10(27)6(25)3-36-21)7(2-24)40-23(19)37-4-8-11(28)13(30)14(31)20(35)39-8/h5-35H,2-4H2,1H3/t5-,6+,7+,8+,9-,10-,11+,12+,13-,14+,15+,16+,17-,18+,19+,20+,21-,22-,23+/m0/s1. The molecule has 0 aromatic heterocycles. The number of rotatable bonds is 8. The van der Waals surface area contributed by atoms with Crippen LogP contribution < -0.4 is 0 Å². The van der Waals surface area contributed by atoms with E-state index in [2.05, 4.69) is 0 Å². The molecule has 0 saturated carbocycles. The Bertz CT molecular complexity index is 855. The minimum absolute atomic E-state index is 0.446. The minimum atomic E-state index is -1.89. The first-order valence-corrected chi connectivity index (χ1v) is 13.4. The Kier molecular flexibility index (Phi) is 11.5. The Morgan fingerprint density at radius 2 is 1.19 bits per heavy atom. The van der Waals surface area contributed by atoms with Crippen molar-refractivity contribution in [1.29, 1.82) is 0 Å². The molecule has 4 fully saturated rings. The van der Waals surface area contributed by atoms with Crippen LogP contribution >= 0.6 is 0 Å². The first kappa shape index (κ1) is 34.1. The van der Waals surface area contributed by atoms with Crippen molar-refractivity contribution in [2.75, 3.05) is 19.8 Å². The van der Waals surface area contributed by atoms with Gasteiger partial charge in [0.15, 0.2) is 25.2 Å². The van der Waals surface area contributed by atoms with Gasteiger partial charge in [-0.05, 0) is 6.92 Å². The highest BCUT2D eigenvalue weighted by molar-refractivity contribution is 4.96. The van der Waals surface area contributed by atoms with Gasteiger partial charge in [0.1, 0.15) is 85.5 Å². The molecule has 4 saturated heterocycles. The fourth-order valence-electron chi connectivity index (χ4n) is 5.08. The Labute approximate surface area is 238 Å². The fraction of sp³-hybridized carbons (Fsp3) is 1.00. The van der Waals surface area contributed by atoms with Crippen LogP contribution in [0.4, 0.5) is 0 Å². The molecule has 19 nitrogen and oxygen atoms in total. The van der Waals surface area contributed by atoms with E-state index >= 15 is 0 Å². The third-order valence-corrected chi connectivity index (χ3v) is 7.75. The highest BCUT2D eigenvalue weighted by Crippen LogP contribution is 2.33. The van der Waals surface area contributed by atoms with Gasteiger partial charge in [-0.25, -0.2) is 0 Å². The predicted molar refractivity (Wildman–Crippen MR) is 126 cm³/mol. The zero-order valence-corrected chi connectivity index (χ0v) is 22.3. The van der Waals surface area contributed by atoms with Crippen LogP contribution in [0.5, 0.6) is 0 Å². The van der Waals surface area contributed by atoms with Gasteiger partial charge in [-0.15, -0.1) is 0 Å². The van der Waals surface area contributed by atoms with Gasteiger partial charge in [-0.3, -0.25) is 0 Å².